The van der Waals surface area contributed by atoms with Gasteiger partial charge in [0.15, 0.2) is 5.78 Å². The Morgan fingerprint density at radius 2 is 2.20 bits per heavy atom. The van der Waals surface area contributed by atoms with Gasteiger partial charge in [0, 0.05) is 5.56 Å². The van der Waals surface area contributed by atoms with Crippen molar-refractivity contribution < 1.29 is 14.3 Å². The van der Waals surface area contributed by atoms with E-state index in [1.807, 2.05) is 0 Å². The third kappa shape index (κ3) is 2.57. The van der Waals surface area contributed by atoms with Crippen molar-refractivity contribution in [1.82, 2.24) is 0 Å². The van der Waals surface area contributed by atoms with Gasteiger partial charge in [-0.1, -0.05) is 0 Å². The predicted molar refractivity (Wildman–Crippen MR) is 57.7 cm³/mol. The standard InChI is InChI=1S/C11H11ClO3/c1-7(14)11(12)10-5-9(15-2)4-3-8(10)6-13/h3-6,11H,1-2H3. The van der Waals surface area contributed by atoms with Gasteiger partial charge in [-0.2, -0.15) is 0 Å². The number of Topliss-reactive ketones (excluding diaryl/α,β-unsaturated/α-hetero) is 1. The molecule has 80 valence electrons. The molecule has 0 radical (unpaired) electrons. The van der Waals surface area contributed by atoms with Crippen LogP contribution in [0.15, 0.2) is 18.2 Å². The van der Waals surface area contributed by atoms with Crippen molar-refractivity contribution in [3.8, 4) is 5.75 Å². The van der Waals surface area contributed by atoms with Gasteiger partial charge in [0.1, 0.15) is 17.4 Å². The number of methoxy groups -OCH3 is 1. The van der Waals surface area contributed by atoms with Crippen LogP contribution in [0.5, 0.6) is 5.75 Å². The maximum atomic E-state index is 11.1. The van der Waals surface area contributed by atoms with Crippen LogP contribution >= 0.6 is 11.6 Å². The summed E-state index contributed by atoms with van der Waals surface area (Å²) < 4.78 is 5.00. The maximum absolute atomic E-state index is 11.1. The average Bonchev–Trinajstić information content (AvgIpc) is 2.27. The van der Waals surface area contributed by atoms with Gasteiger partial charge in [-0.3, -0.25) is 9.59 Å². The lowest BCUT2D eigenvalue weighted by Gasteiger charge is -2.10. The Morgan fingerprint density at radius 3 is 2.67 bits per heavy atom. The number of aldehydes is 1. The molecule has 0 aromatic heterocycles. The van der Waals surface area contributed by atoms with Crippen molar-refractivity contribution in [2.24, 2.45) is 0 Å². The van der Waals surface area contributed by atoms with Gasteiger partial charge < -0.3 is 4.74 Å². The van der Waals surface area contributed by atoms with Crippen molar-refractivity contribution >= 4 is 23.7 Å². The second kappa shape index (κ2) is 4.94. The van der Waals surface area contributed by atoms with Crippen LogP contribution in [0.3, 0.4) is 0 Å². The molecule has 0 bridgehead atoms. The Labute approximate surface area is 93.0 Å². The number of ketones is 1. The van der Waals surface area contributed by atoms with E-state index in [-0.39, 0.29) is 5.78 Å². The van der Waals surface area contributed by atoms with Crippen molar-refractivity contribution in [2.75, 3.05) is 7.11 Å². The molecule has 3 nitrogen and oxygen atoms in total. The largest absolute Gasteiger partial charge is 0.497 e. The Bertz CT molecular complexity index is 387. The lowest BCUT2D eigenvalue weighted by molar-refractivity contribution is -0.116. The molecular formula is C11H11ClO3. The first-order chi connectivity index (χ1) is 7.10. The lowest BCUT2D eigenvalue weighted by Crippen LogP contribution is -2.05. The first-order valence-corrected chi connectivity index (χ1v) is 4.81. The molecule has 1 atom stereocenters. The number of hydrogen-bond acceptors (Lipinski definition) is 3. The summed E-state index contributed by atoms with van der Waals surface area (Å²) >= 11 is 5.89. The van der Waals surface area contributed by atoms with Gasteiger partial charge in [-0.15, -0.1) is 11.6 Å². The average molecular weight is 227 g/mol. The quantitative estimate of drug-likeness (QED) is 0.585. The van der Waals surface area contributed by atoms with Crippen LogP contribution in [-0.2, 0) is 4.79 Å². The van der Waals surface area contributed by atoms with Gasteiger partial charge in [0.05, 0.1) is 7.11 Å². The van der Waals surface area contributed by atoms with Crippen molar-refractivity contribution in [1.29, 1.82) is 0 Å². The van der Waals surface area contributed by atoms with Gasteiger partial charge in [-0.05, 0) is 30.7 Å². The highest BCUT2D eigenvalue weighted by atomic mass is 35.5. The molecule has 1 unspecified atom stereocenters. The van der Waals surface area contributed by atoms with Crippen LogP contribution in [-0.4, -0.2) is 19.2 Å². The first-order valence-electron chi connectivity index (χ1n) is 4.37. The van der Waals surface area contributed by atoms with Crippen LogP contribution in [0.25, 0.3) is 0 Å². The summed E-state index contributed by atoms with van der Waals surface area (Å²) in [5.41, 5.74) is 0.893. The summed E-state index contributed by atoms with van der Waals surface area (Å²) in [5.74, 6) is 0.371. The fourth-order valence-electron chi connectivity index (χ4n) is 1.23. The zero-order chi connectivity index (χ0) is 11.4. The number of rotatable bonds is 4. The van der Waals surface area contributed by atoms with Gasteiger partial charge in [0.25, 0.3) is 0 Å². The minimum atomic E-state index is -0.805. The van der Waals surface area contributed by atoms with E-state index in [1.165, 1.54) is 14.0 Å². The number of hydrogen-bond donors (Lipinski definition) is 0. The molecule has 0 N–H and O–H groups in total. The van der Waals surface area contributed by atoms with Gasteiger partial charge >= 0.3 is 0 Å². The zero-order valence-corrected chi connectivity index (χ0v) is 9.25. The van der Waals surface area contributed by atoms with E-state index in [4.69, 9.17) is 16.3 Å². The molecule has 1 rings (SSSR count). The maximum Gasteiger partial charge on any atom is 0.152 e. The van der Waals surface area contributed by atoms with E-state index >= 15 is 0 Å². The highest BCUT2D eigenvalue weighted by Gasteiger charge is 2.17. The second-order valence-electron chi connectivity index (χ2n) is 3.09. The number of halogens is 1. The van der Waals surface area contributed by atoms with Crippen molar-refractivity contribution in [2.45, 2.75) is 12.3 Å². The third-order valence-corrected chi connectivity index (χ3v) is 2.59. The Hall–Kier alpha value is -1.35. The number of carbonyl (C=O) groups excluding carboxylic acids is 2. The first kappa shape index (κ1) is 11.7. The highest BCUT2D eigenvalue weighted by Crippen LogP contribution is 2.27. The molecule has 0 aliphatic rings. The van der Waals surface area contributed by atoms with Gasteiger partial charge in [0.2, 0.25) is 0 Å². The van der Waals surface area contributed by atoms with Crippen LogP contribution in [0.2, 0.25) is 0 Å². The number of benzene rings is 1. The van der Waals surface area contributed by atoms with Crippen molar-refractivity contribution in [3.63, 3.8) is 0 Å². The summed E-state index contributed by atoms with van der Waals surface area (Å²) in [6, 6.07) is 4.83. The molecule has 0 fully saturated rings. The molecular weight excluding hydrogens is 216 g/mol. The molecule has 1 aromatic rings. The molecule has 0 amide bonds. The summed E-state index contributed by atoms with van der Waals surface area (Å²) in [4.78, 5) is 21.9. The smallest absolute Gasteiger partial charge is 0.152 e. The fourth-order valence-corrected chi connectivity index (χ4v) is 1.41. The van der Waals surface area contributed by atoms with E-state index in [0.717, 1.165) is 0 Å². The molecule has 0 aliphatic heterocycles. The molecule has 0 saturated heterocycles. The predicted octanol–water partition coefficient (Wildman–Crippen LogP) is 2.38. The number of alkyl halides is 1. The van der Waals surface area contributed by atoms with Crippen LogP contribution in [0.4, 0.5) is 0 Å². The van der Waals surface area contributed by atoms with Crippen molar-refractivity contribution in [3.05, 3.63) is 29.3 Å². The lowest BCUT2D eigenvalue weighted by atomic mass is 10.0. The molecule has 1 aromatic carbocycles. The molecule has 4 heteroatoms. The summed E-state index contributed by atoms with van der Waals surface area (Å²) in [6.07, 6.45) is 0.674. The molecule has 15 heavy (non-hydrogen) atoms. The fraction of sp³-hybridized carbons (Fsp3) is 0.273. The zero-order valence-electron chi connectivity index (χ0n) is 8.49. The SMILES string of the molecule is COc1ccc(C=O)c(C(Cl)C(C)=O)c1. The third-order valence-electron chi connectivity index (χ3n) is 2.05. The number of carbonyl (C=O) groups is 2. The van der Waals surface area contributed by atoms with E-state index < -0.39 is 5.38 Å². The molecule has 0 aliphatic carbocycles. The van der Waals surface area contributed by atoms with Crippen LogP contribution in [0.1, 0.15) is 28.2 Å². The normalized spacial score (nSPS) is 11.9. The summed E-state index contributed by atoms with van der Waals surface area (Å²) in [7, 11) is 1.51. The number of ether oxygens (including phenoxy) is 1. The van der Waals surface area contributed by atoms with E-state index in [2.05, 4.69) is 0 Å². The molecule has 0 saturated carbocycles. The minimum Gasteiger partial charge on any atom is -0.497 e. The summed E-state index contributed by atoms with van der Waals surface area (Å²) in [6.45, 7) is 1.38. The van der Waals surface area contributed by atoms with Gasteiger partial charge in [-0.25, -0.2) is 0 Å². The minimum absolute atomic E-state index is 0.201. The highest BCUT2D eigenvalue weighted by molar-refractivity contribution is 6.31. The Morgan fingerprint density at radius 1 is 1.53 bits per heavy atom. The van der Waals surface area contributed by atoms with Crippen LogP contribution < -0.4 is 4.74 Å². The Kier molecular flexibility index (Phi) is 3.86. The van der Waals surface area contributed by atoms with E-state index in [1.54, 1.807) is 18.2 Å². The topological polar surface area (TPSA) is 43.4 Å². The summed E-state index contributed by atoms with van der Waals surface area (Å²) in [5, 5.41) is -0.805. The van der Waals surface area contributed by atoms with E-state index in [9.17, 15) is 9.59 Å². The Balaban J connectivity index is 3.22. The van der Waals surface area contributed by atoms with Crippen LogP contribution in [0, 0.1) is 0 Å². The molecule has 0 spiro atoms. The molecule has 0 heterocycles. The monoisotopic (exact) mass is 226 g/mol. The van der Waals surface area contributed by atoms with E-state index in [0.29, 0.717) is 23.2 Å². The second-order valence-corrected chi connectivity index (χ2v) is 3.52.